The van der Waals surface area contributed by atoms with Crippen molar-refractivity contribution in [1.82, 2.24) is 0 Å². The number of nitrogens with zero attached hydrogens (tertiary/aromatic N) is 1. The number of hydrogen-bond donors (Lipinski definition) is 1. The van der Waals surface area contributed by atoms with Gasteiger partial charge in [0.1, 0.15) is 0 Å². The maximum Gasteiger partial charge on any atom is 0.264 e. The van der Waals surface area contributed by atoms with Crippen molar-refractivity contribution in [2.24, 2.45) is 0 Å². The first-order valence-electron chi connectivity index (χ1n) is 7.65. The first kappa shape index (κ1) is 16.0. The van der Waals surface area contributed by atoms with Gasteiger partial charge in [0, 0.05) is 12.1 Å². The Morgan fingerprint density at radius 3 is 2.57 bits per heavy atom. The van der Waals surface area contributed by atoms with E-state index in [1.165, 1.54) is 4.31 Å². The van der Waals surface area contributed by atoms with E-state index < -0.39 is 15.6 Å². The largest absolute Gasteiger partial charge is 0.385 e. The lowest BCUT2D eigenvalue weighted by molar-refractivity contribution is 0.0472. The van der Waals surface area contributed by atoms with Gasteiger partial charge in [0.25, 0.3) is 10.0 Å². The van der Waals surface area contributed by atoms with E-state index in [2.05, 4.69) is 0 Å². The van der Waals surface area contributed by atoms with Gasteiger partial charge in [-0.25, -0.2) is 8.42 Å². The summed E-state index contributed by atoms with van der Waals surface area (Å²) in [6.07, 6.45) is 0.369. The summed E-state index contributed by atoms with van der Waals surface area (Å²) in [5, 5.41) is 10.6. The van der Waals surface area contributed by atoms with Crippen molar-refractivity contribution < 1.29 is 13.5 Å². The maximum atomic E-state index is 13.2. The summed E-state index contributed by atoms with van der Waals surface area (Å²) in [6.45, 7) is 5.68. The third kappa shape index (κ3) is 2.64. The summed E-state index contributed by atoms with van der Waals surface area (Å²) in [7, 11) is -3.66. The molecule has 0 radical (unpaired) electrons. The maximum absolute atomic E-state index is 13.2. The lowest BCUT2D eigenvalue weighted by Crippen LogP contribution is -2.42. The second kappa shape index (κ2) is 5.35. The minimum atomic E-state index is -3.66. The Labute approximate surface area is 137 Å². The molecule has 1 heterocycles. The third-order valence-corrected chi connectivity index (χ3v) is 6.42. The van der Waals surface area contributed by atoms with Crippen LogP contribution in [0.1, 0.15) is 30.0 Å². The van der Waals surface area contributed by atoms with Crippen molar-refractivity contribution in [3.05, 3.63) is 59.2 Å². The summed E-state index contributed by atoms with van der Waals surface area (Å²) in [5.74, 6) is 0. The zero-order valence-electron chi connectivity index (χ0n) is 13.6. The Morgan fingerprint density at radius 1 is 1.13 bits per heavy atom. The normalized spacial score (nSPS) is 21.1. The molecule has 23 heavy (non-hydrogen) atoms. The van der Waals surface area contributed by atoms with Crippen LogP contribution in [-0.4, -0.2) is 20.1 Å². The van der Waals surface area contributed by atoms with Gasteiger partial charge in [-0.05, 0) is 50.5 Å². The highest BCUT2D eigenvalue weighted by atomic mass is 32.2. The Balaban J connectivity index is 2.17. The Kier molecular flexibility index (Phi) is 3.73. The van der Waals surface area contributed by atoms with Crippen molar-refractivity contribution >= 4 is 15.7 Å². The summed E-state index contributed by atoms with van der Waals surface area (Å²) >= 11 is 0. The van der Waals surface area contributed by atoms with E-state index >= 15 is 0 Å². The molecule has 0 saturated heterocycles. The molecule has 2 aromatic carbocycles. The highest BCUT2D eigenvalue weighted by Gasteiger charge is 2.38. The van der Waals surface area contributed by atoms with Crippen LogP contribution in [0.5, 0.6) is 0 Å². The molecular formula is C18H21NO3S. The van der Waals surface area contributed by atoms with Gasteiger partial charge >= 0.3 is 0 Å². The van der Waals surface area contributed by atoms with E-state index in [1.54, 1.807) is 38.1 Å². The summed E-state index contributed by atoms with van der Waals surface area (Å²) in [4.78, 5) is 0.328. The van der Waals surface area contributed by atoms with Crippen LogP contribution in [0.15, 0.2) is 47.4 Å². The monoisotopic (exact) mass is 331 g/mol. The molecule has 0 aliphatic carbocycles. The number of aliphatic hydroxyl groups is 1. The van der Waals surface area contributed by atoms with Crippen LogP contribution >= 0.6 is 0 Å². The van der Waals surface area contributed by atoms with Crippen LogP contribution in [0, 0.1) is 13.8 Å². The van der Waals surface area contributed by atoms with Gasteiger partial charge in [-0.15, -0.1) is 0 Å². The van der Waals surface area contributed by atoms with Crippen LogP contribution in [0.25, 0.3) is 0 Å². The average Bonchev–Trinajstić information content (AvgIpc) is 2.49. The molecule has 0 amide bonds. The molecule has 0 spiro atoms. The molecule has 1 aliphatic heterocycles. The van der Waals surface area contributed by atoms with Gasteiger partial charge in [-0.2, -0.15) is 0 Å². The molecule has 3 rings (SSSR count). The molecule has 0 bridgehead atoms. The number of sulfonamides is 1. The number of hydrogen-bond acceptors (Lipinski definition) is 3. The number of fused-ring (bicyclic) bond motifs is 1. The predicted molar refractivity (Wildman–Crippen MR) is 91.1 cm³/mol. The van der Waals surface area contributed by atoms with Gasteiger partial charge in [0.05, 0.1) is 16.2 Å². The fraction of sp³-hybridized carbons (Fsp3) is 0.333. The SMILES string of the molecule is Cc1ccc(C)c(S(=O)(=O)N2CCC(C)(O)c3ccccc32)c1. The van der Waals surface area contributed by atoms with E-state index in [4.69, 9.17) is 0 Å². The van der Waals surface area contributed by atoms with Crippen LogP contribution in [0.2, 0.25) is 0 Å². The molecule has 1 unspecified atom stereocenters. The highest BCUT2D eigenvalue weighted by molar-refractivity contribution is 7.92. The van der Waals surface area contributed by atoms with E-state index in [1.807, 2.05) is 25.1 Å². The Hall–Kier alpha value is -1.85. The van der Waals surface area contributed by atoms with Crippen LogP contribution in [0.3, 0.4) is 0 Å². The fourth-order valence-corrected chi connectivity index (χ4v) is 4.87. The van der Waals surface area contributed by atoms with Crippen molar-refractivity contribution in [2.45, 2.75) is 37.7 Å². The molecule has 0 fully saturated rings. The molecule has 1 N–H and O–H groups in total. The second-order valence-electron chi connectivity index (χ2n) is 6.39. The molecule has 122 valence electrons. The van der Waals surface area contributed by atoms with E-state index in [0.717, 1.165) is 11.1 Å². The summed E-state index contributed by atoms with van der Waals surface area (Å²) in [6, 6.07) is 12.6. The van der Waals surface area contributed by atoms with Crippen LogP contribution < -0.4 is 4.31 Å². The molecule has 1 aliphatic rings. The first-order chi connectivity index (χ1) is 10.7. The van der Waals surface area contributed by atoms with Crippen molar-refractivity contribution in [1.29, 1.82) is 0 Å². The number of rotatable bonds is 2. The topological polar surface area (TPSA) is 57.6 Å². The third-order valence-electron chi connectivity index (χ3n) is 4.47. The smallest absolute Gasteiger partial charge is 0.264 e. The lowest BCUT2D eigenvalue weighted by atomic mass is 9.88. The van der Waals surface area contributed by atoms with Crippen LogP contribution in [0.4, 0.5) is 5.69 Å². The van der Waals surface area contributed by atoms with Gasteiger partial charge in [-0.3, -0.25) is 4.31 Å². The standard InChI is InChI=1S/C18H21NO3S/c1-13-8-9-14(2)17(12-13)23(21,22)19-11-10-18(3,20)15-6-4-5-7-16(15)19/h4-9,12,20H,10-11H2,1-3H3. The van der Waals surface area contributed by atoms with Gasteiger partial charge in [-0.1, -0.05) is 30.3 Å². The van der Waals surface area contributed by atoms with Gasteiger partial charge in [0.2, 0.25) is 0 Å². The zero-order chi connectivity index (χ0) is 16.8. The molecule has 5 heteroatoms. The Morgan fingerprint density at radius 2 is 1.83 bits per heavy atom. The average molecular weight is 331 g/mol. The fourth-order valence-electron chi connectivity index (χ4n) is 3.07. The number of benzene rings is 2. The minimum Gasteiger partial charge on any atom is -0.385 e. The zero-order valence-corrected chi connectivity index (χ0v) is 14.4. The van der Waals surface area contributed by atoms with Gasteiger partial charge < -0.3 is 5.11 Å². The predicted octanol–water partition coefficient (Wildman–Crippen LogP) is 3.11. The summed E-state index contributed by atoms with van der Waals surface area (Å²) < 4.78 is 27.8. The quantitative estimate of drug-likeness (QED) is 0.920. The highest BCUT2D eigenvalue weighted by Crippen LogP contribution is 2.40. The molecule has 0 saturated carbocycles. The van der Waals surface area contributed by atoms with Crippen molar-refractivity contribution in [3.63, 3.8) is 0 Å². The number of anilines is 1. The number of para-hydroxylation sites is 1. The Bertz CT molecular complexity index is 856. The molecule has 2 aromatic rings. The molecule has 1 atom stereocenters. The van der Waals surface area contributed by atoms with Crippen LogP contribution in [-0.2, 0) is 15.6 Å². The molecular weight excluding hydrogens is 310 g/mol. The van der Waals surface area contributed by atoms with Crippen molar-refractivity contribution in [3.8, 4) is 0 Å². The number of aryl methyl sites for hydroxylation is 2. The first-order valence-corrected chi connectivity index (χ1v) is 9.09. The van der Waals surface area contributed by atoms with E-state index in [-0.39, 0.29) is 6.54 Å². The summed E-state index contributed by atoms with van der Waals surface area (Å²) in [5.41, 5.74) is 1.84. The van der Waals surface area contributed by atoms with E-state index in [9.17, 15) is 13.5 Å². The van der Waals surface area contributed by atoms with E-state index in [0.29, 0.717) is 22.6 Å². The van der Waals surface area contributed by atoms with Crippen molar-refractivity contribution in [2.75, 3.05) is 10.8 Å². The molecule has 4 nitrogen and oxygen atoms in total. The van der Waals surface area contributed by atoms with Gasteiger partial charge in [0.15, 0.2) is 0 Å². The minimum absolute atomic E-state index is 0.264. The second-order valence-corrected chi connectivity index (χ2v) is 8.22. The lowest BCUT2D eigenvalue weighted by Gasteiger charge is -2.38. The molecule has 0 aromatic heterocycles.